The molecular weight excluding hydrogens is 274 g/mol. The second kappa shape index (κ2) is 5.17. The van der Waals surface area contributed by atoms with Crippen molar-refractivity contribution in [1.82, 2.24) is 9.88 Å². The summed E-state index contributed by atoms with van der Waals surface area (Å²) in [4.78, 5) is 17.7. The number of aryl methyl sites for hydroxylation is 2. The minimum absolute atomic E-state index is 0.0201. The maximum atomic E-state index is 12.7. The molecule has 0 saturated heterocycles. The van der Waals surface area contributed by atoms with Crippen molar-refractivity contribution in [3.63, 3.8) is 0 Å². The number of aromatic nitrogens is 1. The van der Waals surface area contributed by atoms with Crippen LogP contribution in [-0.4, -0.2) is 28.4 Å². The molecule has 22 heavy (non-hydrogen) atoms. The Morgan fingerprint density at radius 1 is 1.41 bits per heavy atom. The normalized spacial score (nSPS) is 16.1. The summed E-state index contributed by atoms with van der Waals surface area (Å²) in [5.74, 6) is 0.0201. The lowest BCUT2D eigenvalue weighted by Crippen LogP contribution is -2.53. The number of amides is 1. The van der Waals surface area contributed by atoms with Crippen LogP contribution in [0.4, 0.5) is 0 Å². The molecule has 0 unspecified atom stereocenters. The number of fused-ring (bicyclic) bond motifs is 1. The molecule has 1 aromatic carbocycles. The minimum atomic E-state index is -0.576. The first-order valence-electron chi connectivity index (χ1n) is 7.72. The molecule has 0 radical (unpaired) electrons. The molecule has 1 heterocycles. The monoisotopic (exact) mass is 295 g/mol. The van der Waals surface area contributed by atoms with E-state index in [1.165, 1.54) is 5.56 Å². The second-order valence-corrected chi connectivity index (χ2v) is 6.40. The summed E-state index contributed by atoms with van der Waals surface area (Å²) in [5, 5.41) is 10.5. The number of rotatable bonds is 3. The SMILES string of the molecule is Cc1ccc2[nH]c(C)c(CC(=O)N(C)C3(C#N)CCC3)c2c1. The van der Waals surface area contributed by atoms with Gasteiger partial charge in [-0.1, -0.05) is 11.6 Å². The van der Waals surface area contributed by atoms with E-state index < -0.39 is 5.54 Å². The Kier molecular flexibility index (Phi) is 3.44. The third kappa shape index (κ3) is 2.18. The first-order chi connectivity index (χ1) is 10.5. The van der Waals surface area contributed by atoms with Gasteiger partial charge in [0.05, 0.1) is 12.5 Å². The predicted molar refractivity (Wildman–Crippen MR) is 86.4 cm³/mol. The van der Waals surface area contributed by atoms with Crippen LogP contribution < -0.4 is 0 Å². The molecule has 1 amide bonds. The summed E-state index contributed by atoms with van der Waals surface area (Å²) in [6.07, 6.45) is 2.95. The van der Waals surface area contributed by atoms with Crippen molar-refractivity contribution in [3.8, 4) is 6.07 Å². The van der Waals surface area contributed by atoms with Gasteiger partial charge in [0, 0.05) is 23.6 Å². The quantitative estimate of drug-likeness (QED) is 0.945. The van der Waals surface area contributed by atoms with E-state index in [2.05, 4.69) is 36.2 Å². The lowest BCUT2D eigenvalue weighted by Gasteiger charge is -2.43. The van der Waals surface area contributed by atoms with Crippen LogP contribution in [0.15, 0.2) is 18.2 Å². The topological polar surface area (TPSA) is 59.9 Å². The molecule has 114 valence electrons. The van der Waals surface area contributed by atoms with Crippen LogP contribution in [0, 0.1) is 25.2 Å². The number of carbonyl (C=O) groups excluding carboxylic acids is 1. The van der Waals surface area contributed by atoms with Crippen LogP contribution in [0.3, 0.4) is 0 Å². The molecule has 0 spiro atoms. The Bertz CT molecular complexity index is 777. The average molecular weight is 295 g/mol. The van der Waals surface area contributed by atoms with E-state index in [0.29, 0.717) is 6.42 Å². The molecule has 3 rings (SSSR count). The van der Waals surface area contributed by atoms with Gasteiger partial charge in [0.15, 0.2) is 0 Å². The number of nitrogens with zero attached hydrogens (tertiary/aromatic N) is 2. The van der Waals surface area contributed by atoms with Gasteiger partial charge in [-0.3, -0.25) is 4.79 Å². The highest BCUT2D eigenvalue weighted by Crippen LogP contribution is 2.37. The summed E-state index contributed by atoms with van der Waals surface area (Å²) in [7, 11) is 1.76. The van der Waals surface area contributed by atoms with Crippen molar-refractivity contribution in [1.29, 1.82) is 5.26 Å². The Labute approximate surface area is 130 Å². The van der Waals surface area contributed by atoms with E-state index in [0.717, 1.165) is 41.4 Å². The van der Waals surface area contributed by atoms with Crippen molar-refractivity contribution < 1.29 is 4.79 Å². The molecule has 4 nitrogen and oxygen atoms in total. The van der Waals surface area contributed by atoms with Crippen LogP contribution in [-0.2, 0) is 11.2 Å². The lowest BCUT2D eigenvalue weighted by atomic mass is 9.76. The smallest absolute Gasteiger partial charge is 0.228 e. The molecule has 2 aromatic rings. The van der Waals surface area contributed by atoms with Gasteiger partial charge in [-0.15, -0.1) is 0 Å². The van der Waals surface area contributed by atoms with Crippen LogP contribution in [0.2, 0.25) is 0 Å². The zero-order valence-electron chi connectivity index (χ0n) is 13.4. The molecule has 1 aromatic heterocycles. The largest absolute Gasteiger partial charge is 0.358 e. The molecule has 0 aliphatic heterocycles. The van der Waals surface area contributed by atoms with Gasteiger partial charge < -0.3 is 9.88 Å². The minimum Gasteiger partial charge on any atom is -0.358 e. The van der Waals surface area contributed by atoms with E-state index >= 15 is 0 Å². The molecular formula is C18H21N3O. The molecule has 1 aliphatic carbocycles. The number of likely N-dealkylation sites (N-methyl/N-ethyl adjacent to an activating group) is 1. The van der Waals surface area contributed by atoms with Gasteiger partial charge >= 0.3 is 0 Å². The first kappa shape index (κ1) is 14.6. The number of nitriles is 1. The first-order valence-corrected chi connectivity index (χ1v) is 7.72. The summed E-state index contributed by atoms with van der Waals surface area (Å²) in [6, 6.07) is 8.57. The highest BCUT2D eigenvalue weighted by molar-refractivity contribution is 5.90. The predicted octanol–water partition coefficient (Wildman–Crippen LogP) is 3.23. The third-order valence-electron chi connectivity index (χ3n) is 5.01. The van der Waals surface area contributed by atoms with E-state index in [1.54, 1.807) is 11.9 Å². The summed E-state index contributed by atoms with van der Waals surface area (Å²) >= 11 is 0. The summed E-state index contributed by atoms with van der Waals surface area (Å²) < 4.78 is 0. The highest BCUT2D eigenvalue weighted by Gasteiger charge is 2.43. The zero-order valence-corrected chi connectivity index (χ0v) is 13.4. The van der Waals surface area contributed by atoms with Gasteiger partial charge in [0.1, 0.15) is 5.54 Å². The van der Waals surface area contributed by atoms with E-state index in [4.69, 9.17) is 0 Å². The maximum Gasteiger partial charge on any atom is 0.228 e. The van der Waals surface area contributed by atoms with Gasteiger partial charge in [0.25, 0.3) is 0 Å². The third-order valence-corrected chi connectivity index (χ3v) is 5.01. The van der Waals surface area contributed by atoms with Crippen molar-refractivity contribution in [2.45, 2.75) is 45.1 Å². The van der Waals surface area contributed by atoms with Gasteiger partial charge in [-0.2, -0.15) is 5.26 Å². The molecule has 1 saturated carbocycles. The fourth-order valence-electron chi connectivity index (χ4n) is 3.27. The average Bonchev–Trinajstić information content (AvgIpc) is 2.74. The summed E-state index contributed by atoms with van der Waals surface area (Å²) in [6.45, 7) is 4.06. The van der Waals surface area contributed by atoms with Crippen LogP contribution in [0.1, 0.15) is 36.1 Å². The fraction of sp³-hybridized carbons (Fsp3) is 0.444. The maximum absolute atomic E-state index is 12.7. The molecule has 1 fully saturated rings. The molecule has 4 heteroatoms. The van der Waals surface area contributed by atoms with Crippen LogP contribution in [0.25, 0.3) is 10.9 Å². The number of H-pyrrole nitrogens is 1. The van der Waals surface area contributed by atoms with Crippen LogP contribution >= 0.6 is 0 Å². The highest BCUT2D eigenvalue weighted by atomic mass is 16.2. The van der Waals surface area contributed by atoms with Crippen molar-refractivity contribution in [2.75, 3.05) is 7.05 Å². The Morgan fingerprint density at radius 2 is 2.14 bits per heavy atom. The number of carbonyl (C=O) groups is 1. The second-order valence-electron chi connectivity index (χ2n) is 6.40. The number of nitrogens with one attached hydrogen (secondary N) is 1. The number of hydrogen-bond donors (Lipinski definition) is 1. The summed E-state index contributed by atoms with van der Waals surface area (Å²) in [5.41, 5.74) is 3.74. The molecule has 1 N–H and O–H groups in total. The Morgan fingerprint density at radius 3 is 2.73 bits per heavy atom. The fourth-order valence-corrected chi connectivity index (χ4v) is 3.27. The standard InChI is InChI=1S/C18H21N3O/c1-12-5-6-16-15(9-12)14(13(2)20-16)10-17(22)21(3)18(11-19)7-4-8-18/h5-6,9,20H,4,7-8,10H2,1-3H3. The van der Waals surface area contributed by atoms with Gasteiger partial charge in [-0.25, -0.2) is 0 Å². The number of hydrogen-bond acceptors (Lipinski definition) is 2. The zero-order chi connectivity index (χ0) is 15.9. The lowest BCUT2D eigenvalue weighted by molar-refractivity contribution is -0.135. The van der Waals surface area contributed by atoms with E-state index in [1.807, 2.05) is 6.92 Å². The van der Waals surface area contributed by atoms with Crippen molar-refractivity contribution >= 4 is 16.8 Å². The van der Waals surface area contributed by atoms with Crippen LogP contribution in [0.5, 0.6) is 0 Å². The van der Waals surface area contributed by atoms with E-state index in [9.17, 15) is 10.1 Å². The Balaban J connectivity index is 1.90. The van der Waals surface area contributed by atoms with Gasteiger partial charge in [0.2, 0.25) is 5.91 Å². The van der Waals surface area contributed by atoms with E-state index in [-0.39, 0.29) is 5.91 Å². The molecule has 0 bridgehead atoms. The number of aromatic amines is 1. The number of benzene rings is 1. The van der Waals surface area contributed by atoms with Crippen molar-refractivity contribution in [3.05, 3.63) is 35.0 Å². The van der Waals surface area contributed by atoms with Gasteiger partial charge in [-0.05, 0) is 50.8 Å². The molecule has 1 aliphatic rings. The Hall–Kier alpha value is -2.28. The van der Waals surface area contributed by atoms with Crippen molar-refractivity contribution in [2.24, 2.45) is 0 Å². The molecule has 0 atom stereocenters.